The fourth-order valence-corrected chi connectivity index (χ4v) is 5.67. The molecule has 0 unspecified atom stereocenters. The molecule has 1 aromatic carbocycles. The van der Waals surface area contributed by atoms with Gasteiger partial charge in [0.05, 0.1) is 36.4 Å². The van der Waals surface area contributed by atoms with Crippen molar-refractivity contribution in [2.24, 2.45) is 5.92 Å². The predicted molar refractivity (Wildman–Crippen MR) is 134 cm³/mol. The Morgan fingerprint density at radius 1 is 1.22 bits per heavy atom. The molecule has 0 bridgehead atoms. The van der Waals surface area contributed by atoms with Crippen LogP contribution in [-0.4, -0.2) is 77.3 Å². The zero-order valence-corrected chi connectivity index (χ0v) is 22.1. The second-order valence-corrected chi connectivity index (χ2v) is 9.98. The molecule has 4 rings (SSSR count). The number of likely N-dealkylation sites (N-methyl/N-ethyl adjacent to an activating group) is 1. The van der Waals surface area contributed by atoms with Crippen LogP contribution in [-0.2, 0) is 19.1 Å². The largest absolute Gasteiger partial charge is 0.466 e. The Morgan fingerprint density at radius 3 is 2.64 bits per heavy atom. The minimum absolute atomic E-state index is 0.124. The van der Waals surface area contributed by atoms with E-state index in [0.29, 0.717) is 59.4 Å². The number of urea groups is 1. The lowest BCUT2D eigenvalue weighted by atomic mass is 9.95. The zero-order chi connectivity index (χ0) is 26.1. The maximum Gasteiger partial charge on any atom is 0.322 e. The highest BCUT2D eigenvalue weighted by Crippen LogP contribution is 2.40. The van der Waals surface area contributed by atoms with Gasteiger partial charge in [-0.1, -0.05) is 29.3 Å². The molecule has 0 radical (unpaired) electrons. The molecule has 1 N–H and O–H groups in total. The third kappa shape index (κ3) is 4.78. The smallest absolute Gasteiger partial charge is 0.322 e. The van der Waals surface area contributed by atoms with Crippen LogP contribution in [0, 0.1) is 5.92 Å². The van der Waals surface area contributed by atoms with Crippen LogP contribution in [0.2, 0.25) is 10.0 Å². The quantitative estimate of drug-likeness (QED) is 0.562. The number of hydrogen-bond acceptors (Lipinski definition) is 5. The van der Waals surface area contributed by atoms with Gasteiger partial charge in [-0.05, 0) is 51.3 Å². The van der Waals surface area contributed by atoms with E-state index in [2.05, 4.69) is 5.32 Å². The molecule has 3 atom stereocenters. The van der Waals surface area contributed by atoms with Crippen LogP contribution in [0.3, 0.4) is 0 Å². The molecule has 11 heteroatoms. The van der Waals surface area contributed by atoms with Gasteiger partial charge in [-0.25, -0.2) is 4.79 Å². The van der Waals surface area contributed by atoms with Crippen LogP contribution < -0.4 is 5.32 Å². The van der Waals surface area contributed by atoms with E-state index in [0.717, 1.165) is 0 Å². The van der Waals surface area contributed by atoms with E-state index in [1.54, 1.807) is 36.9 Å². The normalized spacial score (nSPS) is 23.0. The summed E-state index contributed by atoms with van der Waals surface area (Å²) in [7, 11) is 0. The number of likely N-dealkylation sites (tertiary alicyclic amines) is 1. The van der Waals surface area contributed by atoms with Crippen molar-refractivity contribution in [2.45, 2.75) is 45.7 Å². The lowest BCUT2D eigenvalue weighted by Gasteiger charge is -2.35. The van der Waals surface area contributed by atoms with Crippen LogP contribution in [0.25, 0.3) is 0 Å². The molecule has 1 aromatic rings. The second kappa shape index (κ2) is 10.7. The van der Waals surface area contributed by atoms with E-state index in [9.17, 15) is 19.2 Å². The van der Waals surface area contributed by atoms with E-state index in [1.807, 2.05) is 6.92 Å². The average Bonchev–Trinajstić information content (AvgIpc) is 3.20. The number of carbonyl (C=O) groups excluding carboxylic acids is 4. The van der Waals surface area contributed by atoms with Gasteiger partial charge in [0, 0.05) is 29.7 Å². The molecule has 1 saturated heterocycles. The van der Waals surface area contributed by atoms with Crippen LogP contribution in [0.15, 0.2) is 29.5 Å². The third-order valence-electron chi connectivity index (χ3n) is 7.02. The molecule has 0 aliphatic carbocycles. The van der Waals surface area contributed by atoms with Gasteiger partial charge in [-0.3, -0.25) is 19.3 Å². The molecular formula is C25H30Cl2N4O5. The number of rotatable bonds is 6. The number of ether oxygens (including phenoxy) is 1. The maximum atomic E-state index is 13.7. The number of hydrogen-bond donors (Lipinski definition) is 1. The zero-order valence-electron chi connectivity index (χ0n) is 20.6. The summed E-state index contributed by atoms with van der Waals surface area (Å²) in [5.41, 5.74) is 1.51. The van der Waals surface area contributed by atoms with E-state index in [1.165, 1.54) is 9.80 Å². The Balaban J connectivity index is 1.58. The lowest BCUT2D eigenvalue weighted by Crippen LogP contribution is -2.52. The summed E-state index contributed by atoms with van der Waals surface area (Å²) in [5.74, 6) is -1.24. The Bertz CT molecular complexity index is 1120. The van der Waals surface area contributed by atoms with Crippen molar-refractivity contribution in [2.75, 3.05) is 32.8 Å². The molecule has 9 nitrogen and oxygen atoms in total. The van der Waals surface area contributed by atoms with Gasteiger partial charge < -0.3 is 19.9 Å². The van der Waals surface area contributed by atoms with Crippen molar-refractivity contribution in [3.8, 4) is 0 Å². The number of benzene rings is 1. The molecule has 36 heavy (non-hydrogen) atoms. The van der Waals surface area contributed by atoms with Gasteiger partial charge in [0.15, 0.2) is 0 Å². The number of carbonyl (C=O) groups is 4. The summed E-state index contributed by atoms with van der Waals surface area (Å²) < 4.78 is 5.14. The number of esters is 1. The first kappa shape index (κ1) is 26.3. The highest BCUT2D eigenvalue weighted by Gasteiger charge is 2.47. The van der Waals surface area contributed by atoms with Gasteiger partial charge in [-0.15, -0.1) is 0 Å². The number of nitrogens with one attached hydrogen (secondary N) is 1. The molecule has 3 aliphatic rings. The van der Waals surface area contributed by atoms with Crippen LogP contribution in [0.5, 0.6) is 0 Å². The topological polar surface area (TPSA) is 99.3 Å². The van der Waals surface area contributed by atoms with Gasteiger partial charge in [0.2, 0.25) is 5.91 Å². The Hall–Kier alpha value is -2.78. The van der Waals surface area contributed by atoms with E-state index >= 15 is 0 Å². The number of amides is 4. The molecular weight excluding hydrogens is 507 g/mol. The highest BCUT2D eigenvalue weighted by atomic mass is 35.5. The molecule has 194 valence electrons. The van der Waals surface area contributed by atoms with Gasteiger partial charge in [-0.2, -0.15) is 0 Å². The standard InChI is InChI=1S/C25H30Cl2N4O5/c1-4-30-19-13-31(14(3)22(32)29-10-6-7-15(12-29)24(34)36-5-2)23(33)20(19)21(28-25(30)35)17-9-8-16(26)11-18(17)27/h8-9,11,14-15,21H,4-7,10,12-13H2,1-3H3,(H,28,35)/t14-,15-,21-/m1/s1. The van der Waals surface area contributed by atoms with Crippen LogP contribution >= 0.6 is 23.2 Å². The summed E-state index contributed by atoms with van der Waals surface area (Å²) in [6.45, 7) is 6.82. The first-order valence-corrected chi connectivity index (χ1v) is 13.0. The minimum atomic E-state index is -0.779. The van der Waals surface area contributed by atoms with Crippen molar-refractivity contribution >= 4 is 47.0 Å². The van der Waals surface area contributed by atoms with Crippen LogP contribution in [0.1, 0.15) is 45.2 Å². The first-order chi connectivity index (χ1) is 17.2. The number of piperidine rings is 1. The van der Waals surface area contributed by atoms with Gasteiger partial charge in [0.1, 0.15) is 6.04 Å². The Morgan fingerprint density at radius 2 is 1.97 bits per heavy atom. The molecule has 0 aromatic heterocycles. The third-order valence-corrected chi connectivity index (χ3v) is 7.58. The number of halogens is 2. The maximum absolute atomic E-state index is 13.7. The van der Waals surface area contributed by atoms with Crippen LogP contribution in [0.4, 0.5) is 4.79 Å². The monoisotopic (exact) mass is 536 g/mol. The first-order valence-electron chi connectivity index (χ1n) is 12.2. The molecule has 0 spiro atoms. The Kier molecular flexibility index (Phi) is 7.80. The summed E-state index contributed by atoms with van der Waals surface area (Å²) in [6, 6.07) is 3.03. The van der Waals surface area contributed by atoms with E-state index in [4.69, 9.17) is 27.9 Å². The SMILES string of the molecule is CCOC(=O)[C@@H]1CCCN(C(=O)[C@@H](C)N2CC3=C(C2=O)[C@@H](c2ccc(Cl)cc2Cl)NC(=O)N3CC)C1. The van der Waals surface area contributed by atoms with E-state index in [-0.39, 0.29) is 42.8 Å². The highest BCUT2D eigenvalue weighted by molar-refractivity contribution is 6.35. The molecule has 3 heterocycles. The van der Waals surface area contributed by atoms with Gasteiger partial charge >= 0.3 is 12.0 Å². The summed E-state index contributed by atoms with van der Waals surface area (Å²) in [5, 5.41) is 3.66. The van der Waals surface area contributed by atoms with Crippen molar-refractivity contribution in [3.05, 3.63) is 45.1 Å². The van der Waals surface area contributed by atoms with Crippen molar-refractivity contribution < 1.29 is 23.9 Å². The van der Waals surface area contributed by atoms with Crippen molar-refractivity contribution in [1.82, 2.24) is 20.0 Å². The molecule has 3 aliphatic heterocycles. The minimum Gasteiger partial charge on any atom is -0.466 e. The second-order valence-electron chi connectivity index (χ2n) is 9.14. The molecule has 4 amide bonds. The number of nitrogens with zero attached hydrogens (tertiary/aromatic N) is 3. The fraction of sp³-hybridized carbons (Fsp3) is 0.520. The Labute approximate surface area is 220 Å². The van der Waals surface area contributed by atoms with Crippen molar-refractivity contribution in [1.29, 1.82) is 0 Å². The molecule has 0 saturated carbocycles. The van der Waals surface area contributed by atoms with Gasteiger partial charge in [0.25, 0.3) is 5.91 Å². The van der Waals surface area contributed by atoms with E-state index < -0.39 is 12.1 Å². The average molecular weight is 537 g/mol. The summed E-state index contributed by atoms with van der Waals surface area (Å²) >= 11 is 12.5. The lowest BCUT2D eigenvalue weighted by molar-refractivity contribution is -0.153. The summed E-state index contributed by atoms with van der Waals surface area (Å²) in [4.78, 5) is 57.0. The molecule has 1 fully saturated rings. The predicted octanol–water partition coefficient (Wildman–Crippen LogP) is 3.37. The fourth-order valence-electron chi connectivity index (χ4n) is 5.16. The van der Waals surface area contributed by atoms with Crippen molar-refractivity contribution in [3.63, 3.8) is 0 Å². The summed E-state index contributed by atoms with van der Waals surface area (Å²) in [6.07, 6.45) is 1.35.